The van der Waals surface area contributed by atoms with Crippen LogP contribution in [0.4, 0.5) is 0 Å². The molecule has 0 aliphatic rings. The number of nitrogens with zero attached hydrogens (tertiary/aromatic N) is 1. The van der Waals surface area contributed by atoms with Gasteiger partial charge in [0.05, 0.1) is 18.4 Å². The van der Waals surface area contributed by atoms with Crippen molar-refractivity contribution in [1.82, 2.24) is 15.4 Å². The zero-order valence-electron chi connectivity index (χ0n) is 15.1. The molecule has 0 heterocycles. The Morgan fingerprint density at radius 2 is 1.78 bits per heavy atom. The molecule has 140 valence electrons. The van der Waals surface area contributed by atoms with Crippen LogP contribution in [-0.2, 0) is 14.8 Å². The summed E-state index contributed by atoms with van der Waals surface area (Å²) in [6.45, 7) is 12.0. The highest BCUT2D eigenvalue weighted by molar-refractivity contribution is 14.0. The first kappa shape index (κ1) is 25.1. The van der Waals surface area contributed by atoms with Crippen molar-refractivity contribution in [2.45, 2.75) is 40.7 Å². The van der Waals surface area contributed by atoms with Crippen molar-refractivity contribution in [2.75, 3.05) is 39.0 Å². The Morgan fingerprint density at radius 3 is 2.22 bits per heavy atom. The van der Waals surface area contributed by atoms with Gasteiger partial charge in [-0.2, -0.15) is 0 Å². The molecule has 9 heteroatoms. The van der Waals surface area contributed by atoms with E-state index in [1.54, 1.807) is 14.0 Å². The number of guanidine groups is 1. The molecule has 0 aromatic carbocycles. The summed E-state index contributed by atoms with van der Waals surface area (Å²) in [5.41, 5.74) is 0.00628. The van der Waals surface area contributed by atoms with E-state index in [1.165, 1.54) is 0 Å². The van der Waals surface area contributed by atoms with Gasteiger partial charge < -0.3 is 15.4 Å². The number of rotatable bonds is 9. The van der Waals surface area contributed by atoms with Gasteiger partial charge in [0.2, 0.25) is 10.0 Å². The second kappa shape index (κ2) is 12.3. The van der Waals surface area contributed by atoms with Crippen LogP contribution in [0, 0.1) is 5.41 Å². The maximum absolute atomic E-state index is 11.3. The summed E-state index contributed by atoms with van der Waals surface area (Å²) < 4.78 is 30.6. The molecule has 0 spiro atoms. The average molecular weight is 464 g/mol. The molecule has 1 atom stereocenters. The van der Waals surface area contributed by atoms with E-state index in [2.05, 4.69) is 41.1 Å². The van der Waals surface area contributed by atoms with Gasteiger partial charge in [-0.3, -0.25) is 4.99 Å². The van der Waals surface area contributed by atoms with E-state index < -0.39 is 10.0 Å². The van der Waals surface area contributed by atoms with Crippen LogP contribution in [0.25, 0.3) is 0 Å². The van der Waals surface area contributed by atoms with E-state index in [1.807, 2.05) is 6.92 Å². The molecule has 1 unspecified atom stereocenters. The van der Waals surface area contributed by atoms with Gasteiger partial charge in [-0.25, -0.2) is 13.1 Å². The summed E-state index contributed by atoms with van der Waals surface area (Å²) in [6, 6.07) is 0. The average Bonchev–Trinajstić information content (AvgIpc) is 2.42. The van der Waals surface area contributed by atoms with E-state index in [-0.39, 0.29) is 41.2 Å². The summed E-state index contributed by atoms with van der Waals surface area (Å²) in [5, 5.41) is 6.24. The minimum absolute atomic E-state index is 0. The number of methoxy groups -OCH3 is 1. The van der Waals surface area contributed by atoms with Crippen LogP contribution in [0.1, 0.15) is 34.6 Å². The maximum atomic E-state index is 11.3. The van der Waals surface area contributed by atoms with Gasteiger partial charge in [0.1, 0.15) is 0 Å². The summed E-state index contributed by atoms with van der Waals surface area (Å²) in [4.78, 5) is 4.50. The molecule has 7 nitrogen and oxygen atoms in total. The van der Waals surface area contributed by atoms with Crippen LogP contribution in [0.15, 0.2) is 4.99 Å². The minimum Gasteiger partial charge on any atom is -0.379 e. The van der Waals surface area contributed by atoms with Crippen molar-refractivity contribution >= 4 is 40.0 Å². The lowest BCUT2D eigenvalue weighted by Crippen LogP contribution is -2.42. The Kier molecular flexibility index (Phi) is 13.4. The highest BCUT2D eigenvalue weighted by Gasteiger charge is 2.24. The third-order valence-corrected chi connectivity index (χ3v) is 4.53. The van der Waals surface area contributed by atoms with Gasteiger partial charge in [0.25, 0.3) is 0 Å². The second-order valence-corrected chi connectivity index (χ2v) is 8.13. The third kappa shape index (κ3) is 12.0. The van der Waals surface area contributed by atoms with Gasteiger partial charge >= 0.3 is 0 Å². The van der Waals surface area contributed by atoms with E-state index in [0.717, 1.165) is 6.54 Å². The summed E-state index contributed by atoms with van der Waals surface area (Å²) >= 11 is 0. The minimum atomic E-state index is -3.15. The number of aliphatic imine (C=N–C) groups is 1. The Morgan fingerprint density at radius 1 is 1.17 bits per heavy atom. The first-order chi connectivity index (χ1) is 10.2. The summed E-state index contributed by atoms with van der Waals surface area (Å²) in [7, 11) is -1.46. The quantitative estimate of drug-likeness (QED) is 0.206. The molecule has 3 N–H and O–H groups in total. The van der Waals surface area contributed by atoms with Gasteiger partial charge in [-0.15, -0.1) is 24.0 Å². The molecule has 0 saturated carbocycles. The van der Waals surface area contributed by atoms with Crippen molar-refractivity contribution in [2.24, 2.45) is 10.4 Å². The predicted octanol–water partition coefficient (Wildman–Crippen LogP) is 1.16. The lowest BCUT2D eigenvalue weighted by molar-refractivity contribution is 0.0241. The maximum Gasteiger partial charge on any atom is 0.211 e. The van der Waals surface area contributed by atoms with Crippen LogP contribution in [0.2, 0.25) is 0 Å². The smallest absolute Gasteiger partial charge is 0.211 e. The van der Waals surface area contributed by atoms with Crippen LogP contribution in [0.5, 0.6) is 0 Å². The van der Waals surface area contributed by atoms with Crippen molar-refractivity contribution in [3.05, 3.63) is 0 Å². The standard InChI is InChI=1S/C14H32N4O3S.HI/c1-7-15-13(16-9-10-18-22(19,20)8-2)17-11-12(21-6)14(3,4)5;/h12,18H,7-11H2,1-6H3,(H2,15,16,17);1H. The zero-order chi connectivity index (χ0) is 17.2. The fourth-order valence-electron chi connectivity index (χ4n) is 1.71. The van der Waals surface area contributed by atoms with E-state index >= 15 is 0 Å². The van der Waals surface area contributed by atoms with Gasteiger partial charge in [0, 0.05) is 26.7 Å². The molecule has 0 fully saturated rings. The number of hydrogen-bond acceptors (Lipinski definition) is 4. The highest BCUT2D eigenvalue weighted by Crippen LogP contribution is 2.21. The SMILES string of the molecule is CCNC(=NCC(OC)C(C)(C)C)NCCNS(=O)(=O)CC.I. The molecule has 0 saturated heterocycles. The lowest BCUT2D eigenvalue weighted by atomic mass is 9.89. The van der Waals surface area contributed by atoms with Crippen molar-refractivity contribution < 1.29 is 13.2 Å². The predicted molar refractivity (Wildman–Crippen MR) is 107 cm³/mol. The van der Waals surface area contributed by atoms with Crippen LogP contribution < -0.4 is 15.4 Å². The summed E-state index contributed by atoms with van der Waals surface area (Å²) in [5.74, 6) is 0.743. The molecule has 0 amide bonds. The monoisotopic (exact) mass is 464 g/mol. The van der Waals surface area contributed by atoms with Crippen LogP contribution >= 0.6 is 24.0 Å². The zero-order valence-corrected chi connectivity index (χ0v) is 18.2. The first-order valence-corrected chi connectivity index (χ1v) is 9.33. The molecule has 0 aliphatic heterocycles. The second-order valence-electron chi connectivity index (χ2n) is 6.03. The number of nitrogens with one attached hydrogen (secondary N) is 3. The molecule has 0 aromatic rings. The van der Waals surface area contributed by atoms with Gasteiger partial charge in [-0.05, 0) is 19.3 Å². The molecule has 0 radical (unpaired) electrons. The van der Waals surface area contributed by atoms with Crippen molar-refractivity contribution in [1.29, 1.82) is 0 Å². The molecule has 0 rings (SSSR count). The van der Waals surface area contributed by atoms with Crippen molar-refractivity contribution in [3.8, 4) is 0 Å². The van der Waals surface area contributed by atoms with E-state index in [4.69, 9.17) is 4.74 Å². The Labute approximate surface area is 158 Å². The van der Waals surface area contributed by atoms with Crippen LogP contribution in [0.3, 0.4) is 0 Å². The highest BCUT2D eigenvalue weighted by atomic mass is 127. The number of ether oxygens (including phenoxy) is 1. The summed E-state index contributed by atoms with van der Waals surface area (Å²) in [6.07, 6.45) is 0.0153. The number of sulfonamides is 1. The number of halogens is 1. The fourth-order valence-corrected chi connectivity index (χ4v) is 2.32. The Hall–Kier alpha value is -0.130. The molecule has 0 aliphatic carbocycles. The molecule has 0 aromatic heterocycles. The molecule has 0 bridgehead atoms. The van der Waals surface area contributed by atoms with Gasteiger partial charge in [-0.1, -0.05) is 20.8 Å². The molecular weight excluding hydrogens is 431 g/mol. The first-order valence-electron chi connectivity index (χ1n) is 7.68. The third-order valence-electron chi connectivity index (χ3n) is 3.13. The largest absolute Gasteiger partial charge is 0.379 e. The van der Waals surface area contributed by atoms with Gasteiger partial charge in [0.15, 0.2) is 5.96 Å². The topological polar surface area (TPSA) is 91.8 Å². The Bertz CT molecular complexity index is 436. The normalized spacial score (nSPS) is 14.1. The van der Waals surface area contributed by atoms with E-state index in [9.17, 15) is 8.42 Å². The lowest BCUT2D eigenvalue weighted by Gasteiger charge is -2.28. The Balaban J connectivity index is 0. The van der Waals surface area contributed by atoms with E-state index in [0.29, 0.717) is 25.6 Å². The fraction of sp³-hybridized carbons (Fsp3) is 0.929. The molecule has 23 heavy (non-hydrogen) atoms. The van der Waals surface area contributed by atoms with Crippen LogP contribution in [-0.4, -0.2) is 59.5 Å². The van der Waals surface area contributed by atoms with Crippen molar-refractivity contribution in [3.63, 3.8) is 0 Å². The molecular formula is C14H33IN4O3S. The number of hydrogen-bond donors (Lipinski definition) is 3.